The minimum Gasteiger partial charge on any atom is -0.496 e. The maximum atomic E-state index is 13.2. The summed E-state index contributed by atoms with van der Waals surface area (Å²) in [4.78, 5) is 15.2. The molecule has 1 unspecified atom stereocenters. The normalized spacial score (nSPS) is 18.6. The number of carbonyl (C=O) groups excluding carboxylic acids is 1. The van der Waals surface area contributed by atoms with Gasteiger partial charge in [0.15, 0.2) is 5.69 Å². The molecule has 1 saturated heterocycles. The zero-order valence-corrected chi connectivity index (χ0v) is 19.6. The number of hydrogen-bond donors (Lipinski definition) is 1. The quantitative estimate of drug-likeness (QED) is 0.646. The molecule has 1 atom stereocenters. The van der Waals surface area contributed by atoms with Crippen LogP contribution in [0.15, 0.2) is 36.4 Å². The van der Waals surface area contributed by atoms with Crippen molar-refractivity contribution in [2.75, 3.05) is 31.7 Å². The van der Waals surface area contributed by atoms with Crippen LogP contribution in [0, 0.1) is 0 Å². The molecule has 2 heterocycles. The lowest BCUT2D eigenvalue weighted by molar-refractivity contribution is 0.0764. The first-order chi connectivity index (χ1) is 15.7. The fourth-order valence-electron chi connectivity index (χ4n) is 4.99. The standard InChI is InChI=1S/C25H30N4O2S/c1-28-22-9-8-18(15-20(22)24(27-28)25(30)29-11-13-32-14-12-29)26-16-21-19-6-4-3-5-17(19)7-10-23(21)31-2/h3-7,10,18,26H,8-9,11-16H2,1-2H3. The molecule has 0 radical (unpaired) electrons. The highest BCUT2D eigenvalue weighted by molar-refractivity contribution is 7.99. The average molecular weight is 451 g/mol. The molecule has 1 N–H and O–H groups in total. The van der Waals surface area contributed by atoms with E-state index in [1.807, 2.05) is 34.5 Å². The third kappa shape index (κ3) is 3.99. The first-order valence-electron chi connectivity index (χ1n) is 11.4. The van der Waals surface area contributed by atoms with Gasteiger partial charge in [-0.05, 0) is 36.1 Å². The largest absolute Gasteiger partial charge is 0.496 e. The Labute approximate surface area is 193 Å². The Hall–Kier alpha value is -2.51. The zero-order chi connectivity index (χ0) is 22.1. The Morgan fingerprint density at radius 2 is 2.03 bits per heavy atom. The summed E-state index contributed by atoms with van der Waals surface area (Å²) >= 11 is 1.91. The van der Waals surface area contributed by atoms with Crippen LogP contribution >= 0.6 is 11.8 Å². The minimum atomic E-state index is 0.0959. The molecule has 1 fully saturated rings. The highest BCUT2D eigenvalue weighted by Crippen LogP contribution is 2.30. The van der Waals surface area contributed by atoms with Gasteiger partial charge in [0, 0.05) is 61.1 Å². The number of rotatable bonds is 5. The lowest BCUT2D eigenvalue weighted by Gasteiger charge is -2.27. The Balaban J connectivity index is 1.35. The van der Waals surface area contributed by atoms with E-state index < -0.39 is 0 Å². The van der Waals surface area contributed by atoms with E-state index in [1.54, 1.807) is 7.11 Å². The lowest BCUT2D eigenvalue weighted by Crippen LogP contribution is -2.39. The molecule has 0 saturated carbocycles. The summed E-state index contributed by atoms with van der Waals surface area (Å²) in [7, 11) is 3.70. The highest BCUT2D eigenvalue weighted by Gasteiger charge is 2.31. The molecule has 0 spiro atoms. The van der Waals surface area contributed by atoms with Gasteiger partial charge in [-0.25, -0.2) is 0 Å². The van der Waals surface area contributed by atoms with E-state index in [-0.39, 0.29) is 5.91 Å². The summed E-state index contributed by atoms with van der Waals surface area (Å²) in [5.74, 6) is 3.03. The van der Waals surface area contributed by atoms with E-state index in [2.05, 4.69) is 40.7 Å². The van der Waals surface area contributed by atoms with Crippen molar-refractivity contribution in [3.05, 3.63) is 58.9 Å². The van der Waals surface area contributed by atoms with E-state index in [0.717, 1.165) is 61.7 Å². The van der Waals surface area contributed by atoms with Crippen molar-refractivity contribution >= 4 is 28.4 Å². The van der Waals surface area contributed by atoms with E-state index in [9.17, 15) is 4.79 Å². The molecule has 1 amide bonds. The number of fused-ring (bicyclic) bond motifs is 2. The summed E-state index contributed by atoms with van der Waals surface area (Å²) in [5, 5.41) is 10.9. The molecular weight excluding hydrogens is 420 g/mol. The van der Waals surface area contributed by atoms with Crippen LogP contribution in [0.1, 0.15) is 33.7 Å². The number of hydrogen-bond acceptors (Lipinski definition) is 5. The SMILES string of the molecule is COc1ccc2ccccc2c1CNC1CCc2c(c(C(=O)N3CCSCC3)nn2C)C1. The fourth-order valence-corrected chi connectivity index (χ4v) is 5.89. The van der Waals surface area contributed by atoms with Crippen LogP contribution in [0.25, 0.3) is 10.8 Å². The molecule has 168 valence electrons. The minimum absolute atomic E-state index is 0.0959. The number of thioether (sulfide) groups is 1. The van der Waals surface area contributed by atoms with Gasteiger partial charge in [0.25, 0.3) is 5.91 Å². The maximum Gasteiger partial charge on any atom is 0.274 e. The van der Waals surface area contributed by atoms with E-state index >= 15 is 0 Å². The van der Waals surface area contributed by atoms with Crippen molar-refractivity contribution in [2.24, 2.45) is 7.05 Å². The zero-order valence-electron chi connectivity index (χ0n) is 18.8. The fraction of sp³-hybridized carbons (Fsp3) is 0.440. The maximum absolute atomic E-state index is 13.2. The number of benzene rings is 2. The predicted octanol–water partition coefficient (Wildman–Crippen LogP) is 3.42. The summed E-state index contributed by atoms with van der Waals surface area (Å²) in [6.45, 7) is 2.37. The molecule has 1 aromatic heterocycles. The van der Waals surface area contributed by atoms with Crippen molar-refractivity contribution in [2.45, 2.75) is 31.8 Å². The van der Waals surface area contributed by atoms with Gasteiger partial charge >= 0.3 is 0 Å². The van der Waals surface area contributed by atoms with Crippen LogP contribution < -0.4 is 10.1 Å². The van der Waals surface area contributed by atoms with Gasteiger partial charge in [0.05, 0.1) is 7.11 Å². The number of nitrogens with zero attached hydrogens (tertiary/aromatic N) is 3. The number of methoxy groups -OCH3 is 1. The first kappa shape index (κ1) is 21.3. The van der Waals surface area contributed by atoms with Gasteiger partial charge in [-0.2, -0.15) is 16.9 Å². The molecule has 3 aromatic rings. The number of amides is 1. The number of aryl methyl sites for hydroxylation is 1. The molecule has 7 heteroatoms. The number of ether oxygens (including phenoxy) is 1. The van der Waals surface area contributed by atoms with Gasteiger partial charge < -0.3 is 15.0 Å². The predicted molar refractivity (Wildman–Crippen MR) is 130 cm³/mol. The van der Waals surface area contributed by atoms with Gasteiger partial charge in [-0.1, -0.05) is 30.3 Å². The van der Waals surface area contributed by atoms with Crippen molar-refractivity contribution in [3.63, 3.8) is 0 Å². The average Bonchev–Trinajstić information content (AvgIpc) is 3.18. The topological polar surface area (TPSA) is 59.4 Å². The van der Waals surface area contributed by atoms with Crippen molar-refractivity contribution < 1.29 is 9.53 Å². The highest BCUT2D eigenvalue weighted by atomic mass is 32.2. The van der Waals surface area contributed by atoms with Gasteiger partial charge in [-0.3, -0.25) is 9.48 Å². The third-order valence-corrected chi connectivity index (χ3v) is 7.68. The van der Waals surface area contributed by atoms with Crippen molar-refractivity contribution in [3.8, 4) is 5.75 Å². The Kier molecular flexibility index (Phi) is 6.11. The van der Waals surface area contributed by atoms with Crippen LogP contribution in [0.5, 0.6) is 5.75 Å². The number of carbonyl (C=O) groups is 1. The Morgan fingerprint density at radius 1 is 1.22 bits per heavy atom. The second-order valence-corrected chi connectivity index (χ2v) is 9.81. The summed E-state index contributed by atoms with van der Waals surface area (Å²) in [6, 6.07) is 12.9. The molecule has 1 aliphatic heterocycles. The molecule has 2 aromatic carbocycles. The lowest BCUT2D eigenvalue weighted by atomic mass is 9.90. The number of aromatic nitrogens is 2. The second kappa shape index (κ2) is 9.16. The van der Waals surface area contributed by atoms with Crippen molar-refractivity contribution in [1.82, 2.24) is 20.0 Å². The van der Waals surface area contributed by atoms with Gasteiger partial charge in [0.2, 0.25) is 0 Å². The molecule has 32 heavy (non-hydrogen) atoms. The molecule has 2 aliphatic rings. The molecule has 5 rings (SSSR count). The number of nitrogens with one attached hydrogen (secondary N) is 1. The molecule has 6 nitrogen and oxygen atoms in total. The summed E-state index contributed by atoms with van der Waals surface area (Å²) in [6.07, 6.45) is 2.81. The van der Waals surface area contributed by atoms with E-state index in [1.165, 1.54) is 22.0 Å². The van der Waals surface area contributed by atoms with Crippen LogP contribution in [-0.4, -0.2) is 58.3 Å². The Morgan fingerprint density at radius 3 is 2.84 bits per heavy atom. The third-order valence-electron chi connectivity index (χ3n) is 6.74. The van der Waals surface area contributed by atoms with Gasteiger partial charge in [0.1, 0.15) is 5.75 Å². The molecular formula is C25H30N4O2S. The smallest absolute Gasteiger partial charge is 0.274 e. The Bertz CT molecular complexity index is 1140. The van der Waals surface area contributed by atoms with Crippen LogP contribution in [-0.2, 0) is 26.4 Å². The van der Waals surface area contributed by atoms with Crippen LogP contribution in [0.3, 0.4) is 0 Å². The van der Waals surface area contributed by atoms with E-state index in [4.69, 9.17) is 4.74 Å². The van der Waals surface area contributed by atoms with Crippen LogP contribution in [0.4, 0.5) is 0 Å². The molecule has 1 aliphatic carbocycles. The monoisotopic (exact) mass is 450 g/mol. The summed E-state index contributed by atoms with van der Waals surface area (Å²) < 4.78 is 7.59. The van der Waals surface area contributed by atoms with Crippen molar-refractivity contribution in [1.29, 1.82) is 0 Å². The van der Waals surface area contributed by atoms with Crippen LogP contribution in [0.2, 0.25) is 0 Å². The second-order valence-electron chi connectivity index (χ2n) is 8.59. The van der Waals surface area contributed by atoms with Gasteiger partial charge in [-0.15, -0.1) is 0 Å². The summed E-state index contributed by atoms with van der Waals surface area (Å²) in [5.41, 5.74) is 4.18. The van der Waals surface area contributed by atoms with E-state index in [0.29, 0.717) is 11.7 Å². The first-order valence-corrected chi connectivity index (χ1v) is 12.5. The molecule has 0 bridgehead atoms.